The van der Waals surface area contributed by atoms with Crippen molar-refractivity contribution in [3.63, 3.8) is 0 Å². The second-order valence-corrected chi connectivity index (χ2v) is 4.73. The molecule has 0 aliphatic rings. The molecule has 0 aliphatic carbocycles. The van der Waals surface area contributed by atoms with Gasteiger partial charge in [-0.1, -0.05) is 0 Å². The van der Waals surface area contributed by atoms with Gasteiger partial charge in [-0.3, -0.25) is 0 Å². The first kappa shape index (κ1) is 11.6. The quantitative estimate of drug-likeness (QED) is 0.854. The van der Waals surface area contributed by atoms with E-state index in [2.05, 4.69) is 4.98 Å². The van der Waals surface area contributed by atoms with Crippen molar-refractivity contribution >= 4 is 35.0 Å². The molecule has 0 amide bonds. The molecule has 0 spiro atoms. The number of aryl methyl sites for hydroxylation is 1. The Kier molecular flexibility index (Phi) is 3.30. The molecule has 0 fully saturated rings. The van der Waals surface area contributed by atoms with Crippen LogP contribution in [0.25, 0.3) is 11.0 Å². The molecular weight excluding hydrogens is 250 g/mol. The highest BCUT2D eigenvalue weighted by molar-refractivity contribution is 7.98. The summed E-state index contributed by atoms with van der Waals surface area (Å²) in [7, 11) is 0. The maximum absolute atomic E-state index is 13.4. The van der Waals surface area contributed by atoms with E-state index in [1.807, 2.05) is 6.26 Å². The summed E-state index contributed by atoms with van der Waals surface area (Å²) in [4.78, 5) is 2.76. The standard InChI is InChI=1S/C10H10F2N2S2/c1-16-3-2-14-8-5-6(11)4-7(12)9(8)13-10(14)15/h4-5H,2-3H2,1H3,(H,13,15). The monoisotopic (exact) mass is 260 g/mol. The van der Waals surface area contributed by atoms with E-state index in [9.17, 15) is 8.78 Å². The lowest BCUT2D eigenvalue weighted by Gasteiger charge is -2.02. The average molecular weight is 260 g/mol. The predicted octanol–water partition coefficient (Wildman–Crippen LogP) is 3.34. The number of aromatic amines is 1. The number of nitrogens with zero attached hydrogens (tertiary/aromatic N) is 1. The van der Waals surface area contributed by atoms with Crippen LogP contribution >= 0.6 is 24.0 Å². The Morgan fingerprint density at radius 3 is 2.88 bits per heavy atom. The molecule has 0 saturated carbocycles. The Bertz CT molecular complexity index is 574. The van der Waals surface area contributed by atoms with E-state index < -0.39 is 11.6 Å². The summed E-state index contributed by atoms with van der Waals surface area (Å²) in [5.41, 5.74) is 0.754. The van der Waals surface area contributed by atoms with Crippen molar-refractivity contribution in [3.8, 4) is 0 Å². The Labute approximate surface area is 101 Å². The minimum absolute atomic E-state index is 0.271. The lowest BCUT2D eigenvalue weighted by atomic mass is 10.3. The first-order valence-corrected chi connectivity index (χ1v) is 6.50. The number of rotatable bonds is 3. The van der Waals surface area contributed by atoms with E-state index in [1.165, 1.54) is 6.07 Å². The molecule has 1 aromatic heterocycles. The van der Waals surface area contributed by atoms with E-state index in [1.54, 1.807) is 16.3 Å². The molecule has 6 heteroatoms. The predicted molar refractivity (Wildman–Crippen MR) is 65.4 cm³/mol. The van der Waals surface area contributed by atoms with Crippen LogP contribution in [0.2, 0.25) is 0 Å². The highest BCUT2D eigenvalue weighted by atomic mass is 32.2. The van der Waals surface area contributed by atoms with Gasteiger partial charge in [0.15, 0.2) is 10.6 Å². The highest BCUT2D eigenvalue weighted by Crippen LogP contribution is 2.19. The molecule has 0 bridgehead atoms. The molecule has 2 aromatic rings. The fraction of sp³-hybridized carbons (Fsp3) is 0.300. The summed E-state index contributed by atoms with van der Waals surface area (Å²) in [6, 6.07) is 2.15. The number of H-pyrrole nitrogens is 1. The fourth-order valence-electron chi connectivity index (χ4n) is 1.59. The van der Waals surface area contributed by atoms with Crippen molar-refractivity contribution in [3.05, 3.63) is 28.5 Å². The number of imidazole rings is 1. The van der Waals surface area contributed by atoms with Crippen LogP contribution < -0.4 is 0 Å². The van der Waals surface area contributed by atoms with Gasteiger partial charge >= 0.3 is 0 Å². The van der Waals surface area contributed by atoms with Crippen LogP contribution in [0.5, 0.6) is 0 Å². The van der Waals surface area contributed by atoms with Gasteiger partial charge < -0.3 is 9.55 Å². The summed E-state index contributed by atoms with van der Waals surface area (Å²) in [6.07, 6.45) is 1.97. The largest absolute Gasteiger partial charge is 0.328 e. The zero-order chi connectivity index (χ0) is 11.7. The third-order valence-corrected chi connectivity index (χ3v) is 3.23. The second kappa shape index (κ2) is 4.55. The highest BCUT2D eigenvalue weighted by Gasteiger charge is 2.10. The lowest BCUT2D eigenvalue weighted by Crippen LogP contribution is -2.00. The molecule has 16 heavy (non-hydrogen) atoms. The number of thioether (sulfide) groups is 1. The second-order valence-electron chi connectivity index (χ2n) is 3.36. The summed E-state index contributed by atoms with van der Waals surface area (Å²) < 4.78 is 28.7. The molecule has 2 rings (SSSR count). The topological polar surface area (TPSA) is 20.7 Å². The van der Waals surface area contributed by atoms with E-state index in [-0.39, 0.29) is 5.52 Å². The first-order chi connectivity index (χ1) is 7.63. The molecule has 0 aliphatic heterocycles. The summed E-state index contributed by atoms with van der Waals surface area (Å²) >= 11 is 6.74. The molecule has 1 aromatic carbocycles. The van der Waals surface area contributed by atoms with Crippen molar-refractivity contribution in [1.29, 1.82) is 0 Å². The van der Waals surface area contributed by atoms with Gasteiger partial charge in [0.05, 0.1) is 5.52 Å². The van der Waals surface area contributed by atoms with Gasteiger partial charge in [0.25, 0.3) is 0 Å². The van der Waals surface area contributed by atoms with Crippen LogP contribution in [0.3, 0.4) is 0 Å². The van der Waals surface area contributed by atoms with Gasteiger partial charge in [-0.25, -0.2) is 8.78 Å². The maximum atomic E-state index is 13.4. The average Bonchev–Trinajstić information content (AvgIpc) is 2.53. The van der Waals surface area contributed by atoms with E-state index in [0.717, 1.165) is 11.8 Å². The third-order valence-electron chi connectivity index (χ3n) is 2.32. The molecule has 2 nitrogen and oxygen atoms in total. The molecule has 86 valence electrons. The van der Waals surface area contributed by atoms with E-state index >= 15 is 0 Å². The zero-order valence-electron chi connectivity index (χ0n) is 8.59. The zero-order valence-corrected chi connectivity index (χ0v) is 10.2. The molecule has 0 unspecified atom stereocenters. The van der Waals surface area contributed by atoms with Crippen LogP contribution in [-0.2, 0) is 6.54 Å². The number of benzene rings is 1. The molecular formula is C10H10F2N2S2. The van der Waals surface area contributed by atoms with Gasteiger partial charge in [0, 0.05) is 18.4 Å². The van der Waals surface area contributed by atoms with Crippen molar-refractivity contribution in [2.45, 2.75) is 6.54 Å². The number of halogens is 2. The number of aromatic nitrogens is 2. The Balaban J connectivity index is 2.64. The van der Waals surface area contributed by atoms with E-state index in [0.29, 0.717) is 16.8 Å². The van der Waals surface area contributed by atoms with Crippen LogP contribution in [0.4, 0.5) is 8.78 Å². The molecule has 1 heterocycles. The smallest absolute Gasteiger partial charge is 0.178 e. The number of fused-ring (bicyclic) bond motifs is 1. The lowest BCUT2D eigenvalue weighted by molar-refractivity contribution is 0.590. The van der Waals surface area contributed by atoms with Crippen LogP contribution in [0, 0.1) is 16.4 Å². The Morgan fingerprint density at radius 1 is 1.44 bits per heavy atom. The van der Waals surface area contributed by atoms with E-state index in [4.69, 9.17) is 12.2 Å². The SMILES string of the molecule is CSCCn1c(=S)[nH]c2c(F)cc(F)cc21. The van der Waals surface area contributed by atoms with Crippen LogP contribution in [0.1, 0.15) is 0 Å². The number of hydrogen-bond acceptors (Lipinski definition) is 2. The Hall–Kier alpha value is -0.880. The molecule has 1 N–H and O–H groups in total. The number of hydrogen-bond donors (Lipinski definition) is 1. The van der Waals surface area contributed by atoms with Gasteiger partial charge in [-0.05, 0) is 24.5 Å². The van der Waals surface area contributed by atoms with Crippen LogP contribution in [-0.4, -0.2) is 21.6 Å². The molecule has 0 radical (unpaired) electrons. The molecule has 0 saturated heterocycles. The minimum atomic E-state index is -0.607. The van der Waals surface area contributed by atoms with Gasteiger partial charge in [0.1, 0.15) is 11.3 Å². The normalized spacial score (nSPS) is 11.2. The Morgan fingerprint density at radius 2 is 2.19 bits per heavy atom. The summed E-state index contributed by atoms with van der Waals surface area (Å²) in [6.45, 7) is 0.642. The molecule has 0 atom stereocenters. The number of nitrogens with one attached hydrogen (secondary N) is 1. The van der Waals surface area contributed by atoms with Crippen LogP contribution in [0.15, 0.2) is 12.1 Å². The van der Waals surface area contributed by atoms with Crippen molar-refractivity contribution in [2.75, 3.05) is 12.0 Å². The summed E-state index contributed by atoms with van der Waals surface area (Å²) in [5.74, 6) is -0.347. The maximum Gasteiger partial charge on any atom is 0.178 e. The van der Waals surface area contributed by atoms with Crippen molar-refractivity contribution in [2.24, 2.45) is 0 Å². The first-order valence-electron chi connectivity index (χ1n) is 4.70. The van der Waals surface area contributed by atoms with Gasteiger partial charge in [-0.2, -0.15) is 11.8 Å². The third kappa shape index (κ3) is 1.99. The fourth-order valence-corrected chi connectivity index (χ4v) is 2.24. The van der Waals surface area contributed by atoms with Gasteiger partial charge in [0.2, 0.25) is 0 Å². The van der Waals surface area contributed by atoms with Crippen molar-refractivity contribution in [1.82, 2.24) is 9.55 Å². The summed E-state index contributed by atoms with van der Waals surface area (Å²) in [5, 5.41) is 0. The van der Waals surface area contributed by atoms with Crippen molar-refractivity contribution < 1.29 is 8.78 Å². The minimum Gasteiger partial charge on any atom is -0.328 e. The van der Waals surface area contributed by atoms with Gasteiger partial charge in [-0.15, -0.1) is 0 Å².